The van der Waals surface area contributed by atoms with E-state index >= 15 is 0 Å². The Balaban J connectivity index is 4.40. The zero-order valence-corrected chi connectivity index (χ0v) is 14.0. The lowest BCUT2D eigenvalue weighted by Crippen LogP contribution is -2.49. The van der Waals surface area contributed by atoms with Crippen LogP contribution in [0.2, 0.25) is 6.55 Å². The van der Waals surface area contributed by atoms with Crippen molar-refractivity contribution in [3.05, 3.63) is 23.5 Å². The van der Waals surface area contributed by atoms with Gasteiger partial charge in [-0.25, -0.2) is 0 Å². The van der Waals surface area contributed by atoms with Crippen molar-refractivity contribution in [2.75, 3.05) is 6.61 Å². The summed E-state index contributed by atoms with van der Waals surface area (Å²) >= 11 is 0. The van der Waals surface area contributed by atoms with Crippen LogP contribution in [0.25, 0.3) is 0 Å². The quantitative estimate of drug-likeness (QED) is 0.477. The van der Waals surface area contributed by atoms with Gasteiger partial charge >= 0.3 is 8.80 Å². The van der Waals surface area contributed by atoms with E-state index in [9.17, 15) is 0 Å². The molecule has 0 bridgehead atoms. The van der Waals surface area contributed by atoms with E-state index in [2.05, 4.69) is 24.8 Å². The van der Waals surface area contributed by atoms with Crippen molar-refractivity contribution in [2.24, 2.45) is 0 Å². The zero-order valence-electron chi connectivity index (χ0n) is 13.0. The molecular weight excluding hydrogens is 260 g/mol. The fraction of sp³-hybridized carbons (Fsp3) is 0.692. The fourth-order valence-electron chi connectivity index (χ4n) is 1.38. The Morgan fingerprint density at radius 3 is 1.68 bits per heavy atom. The van der Waals surface area contributed by atoms with Gasteiger partial charge in [-0.2, -0.15) is 0 Å². The molecule has 0 aromatic carbocycles. The van der Waals surface area contributed by atoms with Gasteiger partial charge in [0.1, 0.15) is 0 Å². The number of allylic oxidation sites excluding steroid dienone is 4. The van der Waals surface area contributed by atoms with Crippen molar-refractivity contribution in [1.82, 2.24) is 11.0 Å². The SMILES string of the molecule is CCC=C(C)NO[Si](C)(OCC)ONC(C)=CCC. The molecule has 0 spiro atoms. The predicted octanol–water partition coefficient (Wildman–Crippen LogP) is 3.26. The molecule has 0 aliphatic carbocycles. The van der Waals surface area contributed by atoms with Crippen LogP contribution < -0.4 is 11.0 Å². The van der Waals surface area contributed by atoms with Gasteiger partial charge in [0, 0.05) is 24.5 Å². The molecule has 0 unspecified atom stereocenters. The number of nitrogens with one attached hydrogen (secondary N) is 2. The van der Waals surface area contributed by atoms with E-state index < -0.39 is 8.80 Å². The van der Waals surface area contributed by atoms with Gasteiger partial charge in [-0.1, -0.05) is 26.0 Å². The molecule has 0 rings (SSSR count). The molecule has 0 atom stereocenters. The summed E-state index contributed by atoms with van der Waals surface area (Å²) in [6.07, 6.45) is 5.98. The predicted molar refractivity (Wildman–Crippen MR) is 79.8 cm³/mol. The Labute approximate surface area is 118 Å². The summed E-state index contributed by atoms with van der Waals surface area (Å²) < 4.78 is 16.8. The minimum atomic E-state index is -2.74. The first-order chi connectivity index (χ1) is 8.97. The molecule has 112 valence electrons. The Morgan fingerprint density at radius 2 is 1.37 bits per heavy atom. The summed E-state index contributed by atoms with van der Waals surface area (Å²) in [7, 11) is -2.74. The summed E-state index contributed by atoms with van der Waals surface area (Å²) in [6.45, 7) is 12.3. The summed E-state index contributed by atoms with van der Waals surface area (Å²) in [5.41, 5.74) is 7.65. The number of rotatable bonds is 10. The van der Waals surface area contributed by atoms with Crippen molar-refractivity contribution >= 4 is 8.80 Å². The van der Waals surface area contributed by atoms with Crippen LogP contribution in [0.5, 0.6) is 0 Å². The molecule has 0 aliphatic rings. The van der Waals surface area contributed by atoms with E-state index in [4.69, 9.17) is 13.5 Å². The maximum atomic E-state index is 5.60. The Morgan fingerprint density at radius 1 is 0.947 bits per heavy atom. The molecule has 6 heteroatoms. The van der Waals surface area contributed by atoms with Gasteiger partial charge in [0.2, 0.25) is 0 Å². The van der Waals surface area contributed by atoms with Crippen molar-refractivity contribution in [3.63, 3.8) is 0 Å². The van der Waals surface area contributed by atoms with Gasteiger partial charge in [-0.15, -0.1) is 0 Å². The summed E-state index contributed by atoms with van der Waals surface area (Å²) in [4.78, 5) is 0. The third-order valence-electron chi connectivity index (χ3n) is 2.22. The van der Waals surface area contributed by atoms with Crippen molar-refractivity contribution < 1.29 is 13.5 Å². The highest BCUT2D eigenvalue weighted by molar-refractivity contribution is 6.58. The summed E-state index contributed by atoms with van der Waals surface area (Å²) in [6, 6.07) is 0. The summed E-state index contributed by atoms with van der Waals surface area (Å²) in [5.74, 6) is 0. The zero-order chi connectivity index (χ0) is 14.7. The lowest BCUT2D eigenvalue weighted by Gasteiger charge is -2.26. The third kappa shape index (κ3) is 8.82. The highest BCUT2D eigenvalue weighted by Gasteiger charge is 2.37. The van der Waals surface area contributed by atoms with Crippen LogP contribution in [0.3, 0.4) is 0 Å². The van der Waals surface area contributed by atoms with Gasteiger partial charge in [-0.05, 0) is 33.6 Å². The van der Waals surface area contributed by atoms with Gasteiger partial charge in [0.05, 0.1) is 0 Å². The van der Waals surface area contributed by atoms with Crippen LogP contribution >= 0.6 is 0 Å². The van der Waals surface area contributed by atoms with Crippen molar-refractivity contribution in [1.29, 1.82) is 0 Å². The minimum Gasteiger partial charge on any atom is -0.372 e. The van der Waals surface area contributed by atoms with E-state index in [1.165, 1.54) is 0 Å². The van der Waals surface area contributed by atoms with Crippen LogP contribution in [0, 0.1) is 0 Å². The average molecular weight is 288 g/mol. The Bertz CT molecular complexity index is 282. The maximum absolute atomic E-state index is 5.60. The summed E-state index contributed by atoms with van der Waals surface area (Å²) in [5, 5.41) is 0. The second-order valence-corrected chi connectivity index (χ2v) is 6.72. The highest BCUT2D eigenvalue weighted by atomic mass is 28.4. The van der Waals surface area contributed by atoms with Gasteiger partial charge in [0.25, 0.3) is 0 Å². The van der Waals surface area contributed by atoms with Gasteiger partial charge < -0.3 is 4.43 Å². The standard InChI is InChI=1S/C13H28N2O3Si/c1-7-10-12(4)14-17-19(6,16-9-3)18-15-13(5)11-8-2/h10-11,14-15H,7-9H2,1-6H3. The normalized spacial score (nSPS) is 16.1. The first kappa shape index (κ1) is 18.2. The lowest BCUT2D eigenvalue weighted by atomic mass is 10.4. The second-order valence-electron chi connectivity index (χ2n) is 4.29. The molecule has 0 heterocycles. The van der Waals surface area contributed by atoms with Crippen LogP contribution in [0.4, 0.5) is 0 Å². The van der Waals surface area contributed by atoms with Gasteiger partial charge in [0.15, 0.2) is 0 Å². The first-order valence-electron chi connectivity index (χ1n) is 6.82. The monoisotopic (exact) mass is 288 g/mol. The molecule has 0 aromatic heterocycles. The Hall–Kier alpha value is -0.823. The van der Waals surface area contributed by atoms with Crippen LogP contribution in [-0.4, -0.2) is 15.4 Å². The van der Waals surface area contributed by atoms with E-state index in [1.807, 2.05) is 39.5 Å². The fourth-order valence-corrected chi connectivity index (χ4v) is 2.76. The van der Waals surface area contributed by atoms with Gasteiger partial charge in [-0.3, -0.25) is 20.0 Å². The molecule has 0 saturated carbocycles. The van der Waals surface area contributed by atoms with Crippen molar-refractivity contribution in [3.8, 4) is 0 Å². The molecule has 0 saturated heterocycles. The number of hydrogen-bond acceptors (Lipinski definition) is 5. The average Bonchev–Trinajstić information content (AvgIpc) is 2.36. The number of hydrogen-bond donors (Lipinski definition) is 2. The molecule has 19 heavy (non-hydrogen) atoms. The Kier molecular flexibility index (Phi) is 9.59. The van der Waals surface area contributed by atoms with Crippen LogP contribution in [-0.2, 0) is 13.5 Å². The maximum Gasteiger partial charge on any atom is 0.541 e. The van der Waals surface area contributed by atoms with E-state index in [0.29, 0.717) is 6.61 Å². The van der Waals surface area contributed by atoms with Crippen molar-refractivity contribution in [2.45, 2.75) is 54.0 Å². The molecule has 0 aromatic rings. The molecule has 0 fully saturated rings. The molecule has 2 N–H and O–H groups in total. The van der Waals surface area contributed by atoms with Crippen LogP contribution in [0.1, 0.15) is 47.5 Å². The highest BCUT2D eigenvalue weighted by Crippen LogP contribution is 2.08. The topological polar surface area (TPSA) is 51.8 Å². The third-order valence-corrected chi connectivity index (χ3v) is 3.98. The molecular formula is C13H28N2O3Si. The second kappa shape index (κ2) is 10.0. The van der Waals surface area contributed by atoms with E-state index in [1.54, 1.807) is 0 Å². The van der Waals surface area contributed by atoms with E-state index in [0.717, 1.165) is 24.2 Å². The first-order valence-corrected chi connectivity index (χ1v) is 9.05. The van der Waals surface area contributed by atoms with E-state index in [-0.39, 0.29) is 0 Å². The molecule has 0 aliphatic heterocycles. The smallest absolute Gasteiger partial charge is 0.372 e. The molecule has 5 nitrogen and oxygen atoms in total. The molecule has 0 radical (unpaired) electrons. The lowest BCUT2D eigenvalue weighted by molar-refractivity contribution is 0.0132. The molecule has 0 amide bonds. The largest absolute Gasteiger partial charge is 0.541 e. The van der Waals surface area contributed by atoms with Crippen LogP contribution in [0.15, 0.2) is 23.5 Å². The minimum absolute atomic E-state index is 0.541. The number of hydroxylamine groups is 2.